The Hall–Kier alpha value is -2.04. The Morgan fingerprint density at radius 1 is 1.25 bits per heavy atom. The second-order valence-corrected chi connectivity index (χ2v) is 4.87. The lowest BCUT2D eigenvalue weighted by atomic mass is 9.97. The van der Waals surface area contributed by atoms with Crippen molar-refractivity contribution in [3.63, 3.8) is 0 Å². The van der Waals surface area contributed by atoms with Gasteiger partial charge in [-0.1, -0.05) is 11.6 Å². The van der Waals surface area contributed by atoms with E-state index < -0.39 is 0 Å². The van der Waals surface area contributed by atoms with E-state index in [2.05, 4.69) is 16.7 Å². The number of furan rings is 1. The Kier molecular flexibility index (Phi) is 5.41. The summed E-state index contributed by atoms with van der Waals surface area (Å²) >= 11 is 0. The molecule has 0 saturated carbocycles. The Labute approximate surface area is 118 Å². The van der Waals surface area contributed by atoms with Gasteiger partial charge in [0.05, 0.1) is 12.8 Å². The third-order valence-electron chi connectivity index (χ3n) is 3.31. The summed E-state index contributed by atoms with van der Waals surface area (Å²) in [5.41, 5.74) is 1.43. The molecular weight excluding hydrogens is 256 g/mol. The lowest BCUT2D eigenvalue weighted by Gasteiger charge is -2.13. The Bertz CT molecular complexity index is 477. The molecule has 5 heteroatoms. The van der Waals surface area contributed by atoms with Crippen molar-refractivity contribution < 1.29 is 14.0 Å². The van der Waals surface area contributed by atoms with Gasteiger partial charge >= 0.3 is 0 Å². The quantitative estimate of drug-likeness (QED) is 0.781. The zero-order chi connectivity index (χ0) is 14.2. The monoisotopic (exact) mass is 276 g/mol. The molecule has 5 nitrogen and oxygen atoms in total. The van der Waals surface area contributed by atoms with Crippen molar-refractivity contribution >= 4 is 11.8 Å². The lowest BCUT2D eigenvalue weighted by molar-refractivity contribution is -0.120. The molecule has 0 spiro atoms. The van der Waals surface area contributed by atoms with Crippen LogP contribution in [0.25, 0.3) is 0 Å². The van der Waals surface area contributed by atoms with E-state index in [1.54, 1.807) is 12.1 Å². The highest BCUT2D eigenvalue weighted by atomic mass is 16.3. The normalized spacial score (nSPS) is 14.5. The van der Waals surface area contributed by atoms with Gasteiger partial charge in [-0.25, -0.2) is 0 Å². The molecule has 0 bridgehead atoms. The summed E-state index contributed by atoms with van der Waals surface area (Å²) in [5, 5.41) is 5.32. The average Bonchev–Trinajstić information content (AvgIpc) is 3.00. The molecule has 108 valence electrons. The van der Waals surface area contributed by atoms with E-state index in [4.69, 9.17) is 4.42 Å². The zero-order valence-corrected chi connectivity index (χ0v) is 11.5. The number of amides is 2. The minimum atomic E-state index is -0.375. The van der Waals surface area contributed by atoms with Crippen LogP contribution < -0.4 is 10.6 Å². The maximum Gasteiger partial charge on any atom is 0.287 e. The van der Waals surface area contributed by atoms with Gasteiger partial charge in [-0.3, -0.25) is 9.59 Å². The minimum Gasteiger partial charge on any atom is -0.459 e. The van der Waals surface area contributed by atoms with Crippen LogP contribution in [0.2, 0.25) is 0 Å². The Balaban J connectivity index is 1.60. The maximum absolute atomic E-state index is 11.6. The molecule has 0 aliphatic heterocycles. The van der Waals surface area contributed by atoms with Gasteiger partial charge in [0.1, 0.15) is 0 Å². The second-order valence-electron chi connectivity index (χ2n) is 4.87. The third-order valence-corrected chi connectivity index (χ3v) is 3.31. The third kappa shape index (κ3) is 4.57. The summed E-state index contributed by atoms with van der Waals surface area (Å²) in [6, 6.07) is 3.19. The van der Waals surface area contributed by atoms with Crippen molar-refractivity contribution in [2.75, 3.05) is 13.1 Å². The van der Waals surface area contributed by atoms with E-state index in [9.17, 15) is 9.59 Å². The van der Waals surface area contributed by atoms with E-state index in [1.165, 1.54) is 24.7 Å². The highest BCUT2D eigenvalue weighted by Crippen LogP contribution is 2.19. The van der Waals surface area contributed by atoms with Gasteiger partial charge in [0.2, 0.25) is 5.91 Å². The fourth-order valence-electron chi connectivity index (χ4n) is 2.21. The fourth-order valence-corrected chi connectivity index (χ4v) is 2.21. The van der Waals surface area contributed by atoms with E-state index >= 15 is 0 Å². The maximum atomic E-state index is 11.6. The average molecular weight is 276 g/mol. The molecule has 1 aromatic heterocycles. The summed E-state index contributed by atoms with van der Waals surface area (Å²) in [6.45, 7) is 0.597. The molecule has 1 heterocycles. The van der Waals surface area contributed by atoms with Crippen molar-refractivity contribution in [2.24, 2.45) is 0 Å². The van der Waals surface area contributed by atoms with Gasteiger partial charge in [-0.15, -0.1) is 0 Å². The minimum absolute atomic E-state index is 0.0292. The predicted molar refractivity (Wildman–Crippen MR) is 75.2 cm³/mol. The van der Waals surface area contributed by atoms with Crippen LogP contribution in [0.4, 0.5) is 0 Å². The standard InChI is InChI=1S/C15H20N2O3/c18-14(11-17-15(19)13-7-4-10-20-13)16-9-8-12-5-2-1-3-6-12/h4-5,7,10H,1-3,6,8-9,11H2,(H,16,18)(H,17,19). The number of hydrogen-bond acceptors (Lipinski definition) is 3. The van der Waals surface area contributed by atoms with Crippen LogP contribution in [0, 0.1) is 0 Å². The number of hydrogen-bond donors (Lipinski definition) is 2. The molecular formula is C15H20N2O3. The molecule has 20 heavy (non-hydrogen) atoms. The summed E-state index contributed by atoms with van der Waals surface area (Å²) in [6.07, 6.45) is 9.42. The van der Waals surface area contributed by atoms with Crippen LogP contribution in [-0.4, -0.2) is 24.9 Å². The van der Waals surface area contributed by atoms with Crippen LogP contribution in [0.15, 0.2) is 34.5 Å². The van der Waals surface area contributed by atoms with Gasteiger partial charge < -0.3 is 15.1 Å². The zero-order valence-electron chi connectivity index (χ0n) is 11.5. The molecule has 1 aliphatic carbocycles. The van der Waals surface area contributed by atoms with Crippen LogP contribution in [0.1, 0.15) is 42.7 Å². The van der Waals surface area contributed by atoms with Crippen LogP contribution in [0.3, 0.4) is 0 Å². The summed E-state index contributed by atoms with van der Waals surface area (Å²) < 4.78 is 4.94. The van der Waals surface area contributed by atoms with Crippen molar-refractivity contribution in [3.05, 3.63) is 35.8 Å². The van der Waals surface area contributed by atoms with Gasteiger partial charge in [0.15, 0.2) is 5.76 Å². The highest BCUT2D eigenvalue weighted by Gasteiger charge is 2.10. The topological polar surface area (TPSA) is 71.3 Å². The van der Waals surface area contributed by atoms with Crippen molar-refractivity contribution in [3.8, 4) is 0 Å². The van der Waals surface area contributed by atoms with Crippen LogP contribution in [-0.2, 0) is 4.79 Å². The molecule has 0 atom stereocenters. The van der Waals surface area contributed by atoms with Crippen LogP contribution in [0.5, 0.6) is 0 Å². The molecule has 0 aromatic carbocycles. The van der Waals surface area contributed by atoms with E-state index in [0.29, 0.717) is 6.54 Å². The van der Waals surface area contributed by atoms with E-state index in [0.717, 1.165) is 19.3 Å². The van der Waals surface area contributed by atoms with E-state index in [-0.39, 0.29) is 24.1 Å². The first-order chi connectivity index (χ1) is 9.75. The predicted octanol–water partition coefficient (Wildman–Crippen LogP) is 2.02. The molecule has 0 unspecified atom stereocenters. The summed E-state index contributed by atoms with van der Waals surface area (Å²) in [5.74, 6) is -0.341. The summed E-state index contributed by atoms with van der Waals surface area (Å²) in [7, 11) is 0. The Morgan fingerprint density at radius 2 is 2.15 bits per heavy atom. The molecule has 2 N–H and O–H groups in total. The molecule has 2 amide bonds. The van der Waals surface area contributed by atoms with Crippen molar-refractivity contribution in [1.29, 1.82) is 0 Å². The molecule has 1 aliphatic rings. The first-order valence-corrected chi connectivity index (χ1v) is 7.02. The van der Waals surface area contributed by atoms with Gasteiger partial charge in [0.25, 0.3) is 5.91 Å². The summed E-state index contributed by atoms with van der Waals surface area (Å²) in [4.78, 5) is 23.1. The fraction of sp³-hybridized carbons (Fsp3) is 0.467. The second kappa shape index (κ2) is 7.53. The SMILES string of the molecule is O=C(CNC(=O)c1ccco1)NCCC1=CCCCC1. The van der Waals surface area contributed by atoms with Crippen LogP contribution >= 0.6 is 0 Å². The number of nitrogens with one attached hydrogen (secondary N) is 2. The van der Waals surface area contributed by atoms with Gasteiger partial charge in [-0.05, 0) is 44.2 Å². The highest BCUT2D eigenvalue weighted by molar-refractivity contribution is 5.94. The Morgan fingerprint density at radius 3 is 2.85 bits per heavy atom. The largest absolute Gasteiger partial charge is 0.459 e. The molecule has 0 radical (unpaired) electrons. The number of rotatable bonds is 6. The first-order valence-electron chi connectivity index (χ1n) is 7.02. The van der Waals surface area contributed by atoms with Crippen molar-refractivity contribution in [2.45, 2.75) is 32.1 Å². The molecule has 2 rings (SSSR count). The molecule has 1 aromatic rings. The first kappa shape index (κ1) is 14.4. The van der Waals surface area contributed by atoms with Gasteiger partial charge in [0, 0.05) is 6.54 Å². The number of allylic oxidation sites excluding steroid dienone is 1. The van der Waals surface area contributed by atoms with E-state index in [1.807, 2.05) is 0 Å². The lowest BCUT2D eigenvalue weighted by Crippen LogP contribution is -2.37. The number of carbonyl (C=O) groups excluding carboxylic acids is 2. The van der Waals surface area contributed by atoms with Gasteiger partial charge in [-0.2, -0.15) is 0 Å². The smallest absolute Gasteiger partial charge is 0.287 e. The van der Waals surface area contributed by atoms with Crippen molar-refractivity contribution in [1.82, 2.24) is 10.6 Å². The number of carbonyl (C=O) groups is 2. The molecule has 0 fully saturated rings. The molecule has 0 saturated heterocycles.